The molecule has 31 heavy (non-hydrogen) atoms. The zero-order valence-corrected chi connectivity index (χ0v) is 18.9. The standard InChI is InChI=1S/C24H18Cl2N2O2S/c1-2-15-8-10-18(11-9-15)27-21-22(31-20-6-4-3-5-7-20)24(30)28(23(21)29)19-13-16(25)12-17(26)14-19/h3-14,27H,2H2,1H3. The molecule has 0 bridgehead atoms. The molecule has 3 aromatic rings. The molecule has 7 heteroatoms. The van der Waals surface area contributed by atoms with Crippen molar-refractivity contribution in [3.8, 4) is 0 Å². The Morgan fingerprint density at radius 2 is 1.52 bits per heavy atom. The van der Waals surface area contributed by atoms with Crippen LogP contribution in [0.1, 0.15) is 12.5 Å². The summed E-state index contributed by atoms with van der Waals surface area (Å²) in [6.07, 6.45) is 0.915. The monoisotopic (exact) mass is 468 g/mol. The summed E-state index contributed by atoms with van der Waals surface area (Å²) >= 11 is 13.5. The first-order valence-corrected chi connectivity index (χ1v) is 11.2. The molecule has 0 aliphatic carbocycles. The third-order valence-electron chi connectivity index (χ3n) is 4.74. The number of amides is 2. The molecule has 1 N–H and O–H groups in total. The summed E-state index contributed by atoms with van der Waals surface area (Å²) in [7, 11) is 0. The minimum Gasteiger partial charge on any atom is -0.350 e. The van der Waals surface area contributed by atoms with E-state index in [9.17, 15) is 9.59 Å². The molecule has 156 valence electrons. The summed E-state index contributed by atoms with van der Waals surface area (Å²) in [6, 6.07) is 21.9. The van der Waals surface area contributed by atoms with Crippen molar-refractivity contribution in [2.45, 2.75) is 18.2 Å². The average molecular weight is 469 g/mol. The van der Waals surface area contributed by atoms with Crippen molar-refractivity contribution in [1.82, 2.24) is 0 Å². The largest absolute Gasteiger partial charge is 0.350 e. The molecule has 1 aliphatic heterocycles. The number of anilines is 2. The lowest BCUT2D eigenvalue weighted by Gasteiger charge is -2.16. The summed E-state index contributed by atoms with van der Waals surface area (Å²) in [5.41, 5.74) is 2.46. The van der Waals surface area contributed by atoms with Gasteiger partial charge in [0.2, 0.25) is 0 Å². The fraction of sp³-hybridized carbons (Fsp3) is 0.0833. The summed E-state index contributed by atoms with van der Waals surface area (Å²) < 4.78 is 0. The number of halogens is 2. The molecule has 0 fully saturated rings. The third kappa shape index (κ3) is 4.64. The molecule has 0 radical (unpaired) electrons. The Labute approximate surface area is 194 Å². The molecule has 0 atom stereocenters. The zero-order chi connectivity index (χ0) is 22.0. The molecule has 1 aliphatic rings. The number of hydrogen-bond acceptors (Lipinski definition) is 4. The number of aryl methyl sites for hydroxylation is 1. The molecule has 3 aromatic carbocycles. The van der Waals surface area contributed by atoms with Gasteiger partial charge in [-0.15, -0.1) is 0 Å². The average Bonchev–Trinajstić information content (AvgIpc) is 2.98. The summed E-state index contributed by atoms with van der Waals surface area (Å²) in [5.74, 6) is -0.883. The van der Waals surface area contributed by atoms with E-state index >= 15 is 0 Å². The van der Waals surface area contributed by atoms with Crippen LogP contribution in [0.4, 0.5) is 11.4 Å². The highest BCUT2D eigenvalue weighted by Crippen LogP contribution is 2.39. The van der Waals surface area contributed by atoms with Gasteiger partial charge in [0.25, 0.3) is 11.8 Å². The second-order valence-electron chi connectivity index (χ2n) is 6.87. The number of thioether (sulfide) groups is 1. The van der Waals surface area contributed by atoms with Gasteiger partial charge in [-0.05, 0) is 54.4 Å². The summed E-state index contributed by atoms with van der Waals surface area (Å²) in [6.45, 7) is 2.08. The van der Waals surface area contributed by atoms with Crippen LogP contribution in [0.3, 0.4) is 0 Å². The maximum absolute atomic E-state index is 13.4. The van der Waals surface area contributed by atoms with Crippen LogP contribution in [0.5, 0.6) is 0 Å². The predicted molar refractivity (Wildman–Crippen MR) is 128 cm³/mol. The number of nitrogens with zero attached hydrogens (tertiary/aromatic N) is 1. The van der Waals surface area contributed by atoms with Gasteiger partial charge in [-0.1, -0.05) is 72.2 Å². The molecule has 1 heterocycles. The maximum Gasteiger partial charge on any atom is 0.283 e. The van der Waals surface area contributed by atoms with E-state index in [1.54, 1.807) is 18.2 Å². The van der Waals surface area contributed by atoms with Crippen LogP contribution in [0.2, 0.25) is 10.0 Å². The fourth-order valence-electron chi connectivity index (χ4n) is 3.19. The Morgan fingerprint density at radius 3 is 2.13 bits per heavy atom. The van der Waals surface area contributed by atoms with E-state index < -0.39 is 11.8 Å². The number of hydrogen-bond donors (Lipinski definition) is 1. The van der Waals surface area contributed by atoms with Crippen molar-refractivity contribution < 1.29 is 9.59 Å². The van der Waals surface area contributed by atoms with E-state index in [1.165, 1.54) is 17.3 Å². The highest BCUT2D eigenvalue weighted by Gasteiger charge is 2.40. The zero-order valence-electron chi connectivity index (χ0n) is 16.6. The van der Waals surface area contributed by atoms with Gasteiger partial charge in [-0.2, -0.15) is 0 Å². The van der Waals surface area contributed by atoms with Crippen LogP contribution in [-0.4, -0.2) is 11.8 Å². The van der Waals surface area contributed by atoms with E-state index in [-0.39, 0.29) is 5.70 Å². The van der Waals surface area contributed by atoms with Crippen LogP contribution < -0.4 is 10.2 Å². The Hall–Kier alpha value is -2.73. The number of carbonyl (C=O) groups is 2. The van der Waals surface area contributed by atoms with Crippen LogP contribution >= 0.6 is 35.0 Å². The van der Waals surface area contributed by atoms with Gasteiger partial charge in [-0.25, -0.2) is 4.90 Å². The second-order valence-corrected chi connectivity index (χ2v) is 8.82. The number of imide groups is 1. The summed E-state index contributed by atoms with van der Waals surface area (Å²) in [4.78, 5) is 29.0. The van der Waals surface area contributed by atoms with Crippen LogP contribution in [0, 0.1) is 0 Å². The molecule has 0 aromatic heterocycles. The van der Waals surface area contributed by atoms with Crippen molar-refractivity contribution in [3.05, 3.63) is 99.0 Å². The Kier molecular flexibility index (Phi) is 6.37. The molecule has 2 amide bonds. The normalized spacial score (nSPS) is 13.8. The molecular formula is C24H18Cl2N2O2S. The van der Waals surface area contributed by atoms with Gasteiger partial charge < -0.3 is 5.32 Å². The van der Waals surface area contributed by atoms with Gasteiger partial charge >= 0.3 is 0 Å². The maximum atomic E-state index is 13.4. The van der Waals surface area contributed by atoms with Crippen LogP contribution in [0.25, 0.3) is 0 Å². The van der Waals surface area contributed by atoms with Crippen molar-refractivity contribution in [2.75, 3.05) is 10.2 Å². The Bertz CT molecular complexity index is 1160. The van der Waals surface area contributed by atoms with E-state index in [4.69, 9.17) is 23.2 Å². The summed E-state index contributed by atoms with van der Waals surface area (Å²) in [5, 5.41) is 3.84. The lowest BCUT2D eigenvalue weighted by molar-refractivity contribution is -0.120. The fourth-order valence-corrected chi connectivity index (χ4v) is 4.65. The second kappa shape index (κ2) is 9.18. The third-order valence-corrected chi connectivity index (χ3v) is 6.27. The first kappa shape index (κ1) is 21.5. The lowest BCUT2D eigenvalue weighted by Crippen LogP contribution is -2.32. The molecule has 0 unspecified atom stereocenters. The number of rotatable bonds is 6. The van der Waals surface area contributed by atoms with Crippen molar-refractivity contribution in [3.63, 3.8) is 0 Å². The Morgan fingerprint density at radius 1 is 0.871 bits per heavy atom. The highest BCUT2D eigenvalue weighted by molar-refractivity contribution is 8.04. The van der Waals surface area contributed by atoms with Gasteiger partial charge in [0, 0.05) is 20.6 Å². The number of carbonyl (C=O) groups excluding carboxylic acids is 2. The molecule has 4 nitrogen and oxygen atoms in total. The molecule has 0 saturated carbocycles. The minimum atomic E-state index is -0.457. The van der Waals surface area contributed by atoms with Crippen molar-refractivity contribution in [1.29, 1.82) is 0 Å². The molecule has 0 saturated heterocycles. The van der Waals surface area contributed by atoms with Gasteiger partial charge in [0.05, 0.1) is 5.69 Å². The van der Waals surface area contributed by atoms with E-state index in [0.29, 0.717) is 20.6 Å². The SMILES string of the molecule is CCc1ccc(NC2=C(Sc3ccccc3)C(=O)N(c3cc(Cl)cc(Cl)c3)C2=O)cc1. The minimum absolute atomic E-state index is 0.221. The van der Waals surface area contributed by atoms with E-state index in [2.05, 4.69) is 12.2 Å². The Balaban J connectivity index is 1.74. The van der Waals surface area contributed by atoms with E-state index in [0.717, 1.165) is 21.9 Å². The van der Waals surface area contributed by atoms with Gasteiger partial charge in [0.15, 0.2) is 0 Å². The topological polar surface area (TPSA) is 49.4 Å². The number of benzene rings is 3. The highest BCUT2D eigenvalue weighted by atomic mass is 35.5. The quantitative estimate of drug-likeness (QED) is 0.416. The van der Waals surface area contributed by atoms with Gasteiger partial charge in [-0.3, -0.25) is 9.59 Å². The smallest absolute Gasteiger partial charge is 0.283 e. The van der Waals surface area contributed by atoms with Gasteiger partial charge in [0.1, 0.15) is 10.6 Å². The van der Waals surface area contributed by atoms with Crippen molar-refractivity contribution >= 4 is 58.2 Å². The van der Waals surface area contributed by atoms with E-state index in [1.807, 2.05) is 54.6 Å². The molecular weight excluding hydrogens is 451 g/mol. The van der Waals surface area contributed by atoms with Crippen LogP contribution in [-0.2, 0) is 16.0 Å². The molecule has 0 spiro atoms. The first-order valence-electron chi connectivity index (χ1n) is 9.64. The first-order chi connectivity index (χ1) is 15.0. The lowest BCUT2D eigenvalue weighted by atomic mass is 10.1. The number of nitrogens with one attached hydrogen (secondary N) is 1. The molecule has 4 rings (SSSR count). The predicted octanol–water partition coefficient (Wildman–Crippen LogP) is 6.55. The van der Waals surface area contributed by atoms with Crippen molar-refractivity contribution in [2.24, 2.45) is 0 Å². The van der Waals surface area contributed by atoms with Crippen LogP contribution in [0.15, 0.2) is 88.3 Å².